The lowest BCUT2D eigenvalue weighted by atomic mass is 10.1. The first kappa shape index (κ1) is 22.1. The first-order valence-electron chi connectivity index (χ1n) is 8.74. The number of amides is 3. The molecule has 1 unspecified atom stereocenters. The van der Waals surface area contributed by atoms with Gasteiger partial charge in [-0.3, -0.25) is 19.3 Å². The maximum atomic E-state index is 12.4. The van der Waals surface area contributed by atoms with Crippen LogP contribution in [0.3, 0.4) is 0 Å². The highest BCUT2D eigenvalue weighted by Gasteiger charge is 2.29. The largest absolute Gasteiger partial charge is 0.493 e. The van der Waals surface area contributed by atoms with E-state index in [-0.39, 0.29) is 41.6 Å². The van der Waals surface area contributed by atoms with Gasteiger partial charge in [0.1, 0.15) is 11.6 Å². The van der Waals surface area contributed by atoms with Crippen molar-refractivity contribution in [3.63, 3.8) is 0 Å². The Morgan fingerprint density at radius 2 is 2.07 bits per heavy atom. The molecule has 2 rings (SSSR count). The van der Waals surface area contributed by atoms with Gasteiger partial charge in [0, 0.05) is 19.3 Å². The normalized spacial score (nSPS) is 15.0. The zero-order valence-corrected chi connectivity index (χ0v) is 17.2. The quantitative estimate of drug-likeness (QED) is 0.352. The van der Waals surface area contributed by atoms with Gasteiger partial charge in [-0.05, 0) is 24.6 Å². The molecule has 0 saturated carbocycles. The molecular weight excluding hydrogens is 396 g/mol. The Labute approximate surface area is 173 Å². The second-order valence-electron chi connectivity index (χ2n) is 6.03. The first-order chi connectivity index (χ1) is 13.9. The molecule has 1 aromatic rings. The van der Waals surface area contributed by atoms with Crippen LogP contribution >= 0.6 is 11.8 Å². The molecule has 0 aromatic heterocycles. The Morgan fingerprint density at radius 1 is 1.34 bits per heavy atom. The summed E-state index contributed by atoms with van der Waals surface area (Å²) < 4.78 is 10.5. The zero-order chi connectivity index (χ0) is 21.4. The van der Waals surface area contributed by atoms with Crippen molar-refractivity contribution >= 4 is 28.8 Å². The van der Waals surface area contributed by atoms with Crippen molar-refractivity contribution in [3.8, 4) is 17.6 Å². The van der Waals surface area contributed by atoms with Crippen LogP contribution in [0.25, 0.3) is 0 Å². The van der Waals surface area contributed by atoms with Crippen LogP contribution in [0.1, 0.15) is 18.5 Å². The second-order valence-corrected chi connectivity index (χ2v) is 6.96. The molecule has 0 radical (unpaired) electrons. The van der Waals surface area contributed by atoms with Crippen LogP contribution in [0.4, 0.5) is 4.79 Å². The minimum Gasteiger partial charge on any atom is -0.493 e. The number of nitrogens with one attached hydrogen (secondary N) is 2. The molecule has 1 fully saturated rings. The van der Waals surface area contributed by atoms with Gasteiger partial charge in [-0.1, -0.05) is 17.8 Å². The summed E-state index contributed by atoms with van der Waals surface area (Å²) >= 11 is 0.958. The summed E-state index contributed by atoms with van der Waals surface area (Å²) in [6.07, 6.45) is 1.27. The number of rotatable bonds is 9. The summed E-state index contributed by atoms with van der Waals surface area (Å²) in [7, 11) is 3.06. The van der Waals surface area contributed by atoms with Crippen molar-refractivity contribution in [1.29, 1.82) is 5.26 Å². The van der Waals surface area contributed by atoms with Crippen molar-refractivity contribution in [2.24, 2.45) is 0 Å². The summed E-state index contributed by atoms with van der Waals surface area (Å²) in [5.41, 5.74) is 0.663. The van der Waals surface area contributed by atoms with Crippen LogP contribution < -0.4 is 20.1 Å². The number of nitrogens with zero attached hydrogens (tertiary/aromatic N) is 2. The van der Waals surface area contributed by atoms with Crippen LogP contribution in [0.15, 0.2) is 30.0 Å². The van der Waals surface area contributed by atoms with Crippen LogP contribution in [0.5, 0.6) is 11.5 Å². The van der Waals surface area contributed by atoms with Gasteiger partial charge in [0.15, 0.2) is 11.5 Å². The molecule has 1 aliphatic rings. The minimum absolute atomic E-state index is 0.120. The molecule has 1 heterocycles. The molecule has 1 atom stereocenters. The van der Waals surface area contributed by atoms with Crippen molar-refractivity contribution in [2.45, 2.75) is 13.0 Å². The first-order valence-corrected chi connectivity index (χ1v) is 9.73. The molecular formula is C19H22N4O5S. The average molecular weight is 418 g/mol. The Morgan fingerprint density at radius 3 is 2.66 bits per heavy atom. The molecule has 2 N–H and O–H groups in total. The van der Waals surface area contributed by atoms with E-state index >= 15 is 0 Å². The molecule has 10 heteroatoms. The topological polar surface area (TPSA) is 121 Å². The predicted molar refractivity (Wildman–Crippen MR) is 107 cm³/mol. The second kappa shape index (κ2) is 10.4. The van der Waals surface area contributed by atoms with Gasteiger partial charge in [0.05, 0.1) is 26.0 Å². The number of carbonyl (C=O) groups excluding carboxylic acids is 3. The van der Waals surface area contributed by atoms with Crippen molar-refractivity contribution in [1.82, 2.24) is 15.5 Å². The number of hydrogen-bond donors (Lipinski definition) is 2. The van der Waals surface area contributed by atoms with Gasteiger partial charge in [-0.15, -0.1) is 0 Å². The number of imide groups is 1. The Bertz CT molecular complexity index is 849. The van der Waals surface area contributed by atoms with Gasteiger partial charge >= 0.3 is 0 Å². The third-order valence-corrected chi connectivity index (χ3v) is 5.05. The van der Waals surface area contributed by atoms with Gasteiger partial charge in [-0.2, -0.15) is 5.26 Å². The number of benzene rings is 1. The van der Waals surface area contributed by atoms with E-state index in [0.29, 0.717) is 11.5 Å². The maximum absolute atomic E-state index is 12.4. The molecule has 9 nitrogen and oxygen atoms in total. The molecule has 1 aromatic carbocycles. The molecule has 154 valence electrons. The minimum atomic E-state index is -0.550. The van der Waals surface area contributed by atoms with Gasteiger partial charge in [-0.25, -0.2) is 0 Å². The van der Waals surface area contributed by atoms with Crippen molar-refractivity contribution < 1.29 is 23.9 Å². The number of ether oxygens (including phenoxy) is 2. The zero-order valence-electron chi connectivity index (χ0n) is 16.4. The third-order valence-electron chi connectivity index (χ3n) is 4.19. The SMILES string of the molecule is COc1ccc(C(C)NC(=O)/C(C#N)=C\NCCN2C(=O)CSC2=O)cc1OC. The highest BCUT2D eigenvalue weighted by atomic mass is 32.2. The molecule has 29 heavy (non-hydrogen) atoms. The lowest BCUT2D eigenvalue weighted by Crippen LogP contribution is -2.34. The fourth-order valence-electron chi connectivity index (χ4n) is 2.58. The summed E-state index contributed by atoms with van der Waals surface area (Å²) in [5, 5.41) is 14.5. The third kappa shape index (κ3) is 5.65. The predicted octanol–water partition coefficient (Wildman–Crippen LogP) is 1.57. The Kier molecular flexibility index (Phi) is 7.91. The fraction of sp³-hybridized carbons (Fsp3) is 0.368. The van der Waals surface area contributed by atoms with E-state index in [4.69, 9.17) is 9.47 Å². The molecule has 0 bridgehead atoms. The van der Waals surface area contributed by atoms with Crippen LogP contribution in [-0.2, 0) is 9.59 Å². The smallest absolute Gasteiger partial charge is 0.288 e. The monoisotopic (exact) mass is 418 g/mol. The van der Waals surface area contributed by atoms with Gasteiger partial charge in [0.25, 0.3) is 11.1 Å². The van der Waals surface area contributed by atoms with E-state index < -0.39 is 5.91 Å². The number of carbonyl (C=O) groups is 3. The number of hydrogen-bond acceptors (Lipinski definition) is 8. The summed E-state index contributed by atoms with van der Waals surface area (Å²) in [4.78, 5) is 36.5. The molecule has 0 aliphatic carbocycles. The summed E-state index contributed by atoms with van der Waals surface area (Å²) in [5.74, 6) is 0.464. The number of nitriles is 1. The highest BCUT2D eigenvalue weighted by molar-refractivity contribution is 8.14. The standard InChI is InChI=1S/C19H22N4O5S/c1-12(13-4-5-15(27-2)16(8-13)28-3)22-18(25)14(9-20)10-21-6-7-23-17(24)11-29-19(23)26/h4-5,8,10,12,21H,6-7,11H2,1-3H3,(H,22,25)/b14-10-. The van der Waals surface area contributed by atoms with Crippen LogP contribution in [-0.4, -0.2) is 55.0 Å². The highest BCUT2D eigenvalue weighted by Crippen LogP contribution is 2.29. The average Bonchev–Trinajstić information content (AvgIpc) is 3.04. The van der Waals surface area contributed by atoms with Crippen LogP contribution in [0, 0.1) is 11.3 Å². The van der Waals surface area contributed by atoms with E-state index in [9.17, 15) is 19.6 Å². The van der Waals surface area contributed by atoms with E-state index in [1.807, 2.05) is 6.07 Å². The number of thioether (sulfide) groups is 1. The molecule has 1 saturated heterocycles. The van der Waals surface area contributed by atoms with Crippen LogP contribution in [0.2, 0.25) is 0 Å². The molecule has 3 amide bonds. The van der Waals surface area contributed by atoms with E-state index in [2.05, 4.69) is 10.6 Å². The fourth-order valence-corrected chi connectivity index (χ4v) is 3.33. The lowest BCUT2D eigenvalue weighted by molar-refractivity contribution is -0.124. The summed E-state index contributed by atoms with van der Waals surface area (Å²) in [6.45, 7) is 2.19. The van der Waals surface area contributed by atoms with Crippen molar-refractivity contribution in [2.75, 3.05) is 33.1 Å². The van der Waals surface area contributed by atoms with E-state index in [1.165, 1.54) is 20.4 Å². The summed E-state index contributed by atoms with van der Waals surface area (Å²) in [6, 6.07) is 6.74. The van der Waals surface area contributed by atoms with Crippen molar-refractivity contribution in [3.05, 3.63) is 35.5 Å². The number of methoxy groups -OCH3 is 2. The lowest BCUT2D eigenvalue weighted by Gasteiger charge is -2.16. The van der Waals surface area contributed by atoms with E-state index in [1.54, 1.807) is 25.1 Å². The van der Waals surface area contributed by atoms with Gasteiger partial charge in [0.2, 0.25) is 5.91 Å². The van der Waals surface area contributed by atoms with Gasteiger partial charge < -0.3 is 20.1 Å². The maximum Gasteiger partial charge on any atom is 0.288 e. The van der Waals surface area contributed by atoms with E-state index in [0.717, 1.165) is 22.2 Å². The molecule has 0 spiro atoms. The Balaban J connectivity index is 1.93. The Hall–Kier alpha value is -3.19. The molecule has 1 aliphatic heterocycles.